The van der Waals surface area contributed by atoms with Gasteiger partial charge in [-0.25, -0.2) is 15.2 Å². The molecule has 0 aliphatic carbocycles. The molecule has 0 unspecified atom stereocenters. The average molecular weight is 288 g/mol. The Balaban J connectivity index is 2.75. The SMILES string of the molecule is CCCc1cc2c(Cl)c(F)c(Cl)cc2nc1NN. The first kappa shape index (κ1) is 13.3. The summed E-state index contributed by atoms with van der Waals surface area (Å²) < 4.78 is 13.6. The molecule has 0 saturated heterocycles. The van der Waals surface area contributed by atoms with Gasteiger partial charge >= 0.3 is 0 Å². The molecule has 6 heteroatoms. The Hall–Kier alpha value is -1.10. The number of nitrogen functional groups attached to an aromatic ring is 1. The van der Waals surface area contributed by atoms with Gasteiger partial charge < -0.3 is 5.43 Å². The first-order valence-corrected chi connectivity index (χ1v) is 6.27. The summed E-state index contributed by atoms with van der Waals surface area (Å²) in [6, 6.07) is 3.23. The average Bonchev–Trinajstić information content (AvgIpc) is 2.37. The summed E-state index contributed by atoms with van der Waals surface area (Å²) in [5.74, 6) is 5.36. The molecule has 3 N–H and O–H groups in total. The van der Waals surface area contributed by atoms with E-state index >= 15 is 0 Å². The van der Waals surface area contributed by atoms with Crippen LogP contribution >= 0.6 is 23.2 Å². The van der Waals surface area contributed by atoms with E-state index in [-0.39, 0.29) is 10.0 Å². The number of aryl methyl sites for hydroxylation is 1. The molecule has 0 aliphatic rings. The van der Waals surface area contributed by atoms with E-state index in [1.165, 1.54) is 6.07 Å². The molecule has 2 aromatic rings. The highest BCUT2D eigenvalue weighted by molar-refractivity contribution is 6.38. The van der Waals surface area contributed by atoms with Gasteiger partial charge in [-0.15, -0.1) is 0 Å². The van der Waals surface area contributed by atoms with E-state index in [0.717, 1.165) is 18.4 Å². The van der Waals surface area contributed by atoms with Crippen LogP contribution in [0.1, 0.15) is 18.9 Å². The second-order valence-electron chi connectivity index (χ2n) is 3.94. The number of hydrazine groups is 1. The summed E-state index contributed by atoms with van der Waals surface area (Å²) in [4.78, 5) is 4.30. The molecular formula is C12H12Cl2FN3. The van der Waals surface area contributed by atoms with Crippen molar-refractivity contribution in [1.82, 2.24) is 4.98 Å². The van der Waals surface area contributed by atoms with E-state index in [1.54, 1.807) is 6.07 Å². The molecule has 1 aromatic heterocycles. The van der Waals surface area contributed by atoms with Crippen LogP contribution in [0.15, 0.2) is 12.1 Å². The van der Waals surface area contributed by atoms with E-state index in [0.29, 0.717) is 16.7 Å². The van der Waals surface area contributed by atoms with Crippen LogP contribution in [0.4, 0.5) is 10.2 Å². The fourth-order valence-corrected chi connectivity index (χ4v) is 2.35. The zero-order valence-corrected chi connectivity index (χ0v) is 11.2. The van der Waals surface area contributed by atoms with Crippen molar-refractivity contribution in [3.63, 3.8) is 0 Å². The maximum Gasteiger partial charge on any atom is 0.161 e. The fraction of sp³-hybridized carbons (Fsp3) is 0.250. The van der Waals surface area contributed by atoms with Gasteiger partial charge in [-0.3, -0.25) is 0 Å². The molecule has 18 heavy (non-hydrogen) atoms. The molecule has 0 atom stereocenters. The number of benzene rings is 1. The second-order valence-corrected chi connectivity index (χ2v) is 4.73. The maximum absolute atomic E-state index is 13.6. The number of fused-ring (bicyclic) bond motifs is 1. The summed E-state index contributed by atoms with van der Waals surface area (Å²) in [6.07, 6.45) is 1.71. The lowest BCUT2D eigenvalue weighted by atomic mass is 10.1. The second kappa shape index (κ2) is 5.26. The monoisotopic (exact) mass is 287 g/mol. The molecule has 1 heterocycles. The van der Waals surface area contributed by atoms with Crippen molar-refractivity contribution >= 4 is 39.9 Å². The molecular weight excluding hydrogens is 276 g/mol. The zero-order valence-electron chi connectivity index (χ0n) is 9.73. The van der Waals surface area contributed by atoms with Gasteiger partial charge in [0.15, 0.2) is 5.82 Å². The maximum atomic E-state index is 13.6. The van der Waals surface area contributed by atoms with E-state index in [4.69, 9.17) is 29.0 Å². The van der Waals surface area contributed by atoms with Gasteiger partial charge in [0.2, 0.25) is 0 Å². The first-order chi connectivity index (χ1) is 8.58. The van der Waals surface area contributed by atoms with E-state index in [9.17, 15) is 4.39 Å². The highest BCUT2D eigenvalue weighted by Gasteiger charge is 2.14. The number of nitrogens with one attached hydrogen (secondary N) is 1. The molecule has 3 nitrogen and oxygen atoms in total. The van der Waals surface area contributed by atoms with Gasteiger partial charge in [0.05, 0.1) is 15.6 Å². The van der Waals surface area contributed by atoms with Crippen LogP contribution in [-0.4, -0.2) is 4.98 Å². The summed E-state index contributed by atoms with van der Waals surface area (Å²) in [6.45, 7) is 2.04. The predicted octanol–water partition coefficient (Wildman–Crippen LogP) is 3.92. The minimum Gasteiger partial charge on any atom is -0.308 e. The Morgan fingerprint density at radius 2 is 2.11 bits per heavy atom. The third-order valence-corrected chi connectivity index (χ3v) is 3.33. The number of halogens is 3. The van der Waals surface area contributed by atoms with Crippen LogP contribution in [0.5, 0.6) is 0 Å². The van der Waals surface area contributed by atoms with Crippen molar-refractivity contribution in [3.8, 4) is 0 Å². The lowest BCUT2D eigenvalue weighted by Crippen LogP contribution is -2.11. The van der Waals surface area contributed by atoms with Crippen molar-refractivity contribution in [3.05, 3.63) is 33.6 Å². The highest BCUT2D eigenvalue weighted by Crippen LogP contribution is 2.33. The molecule has 0 saturated carbocycles. The van der Waals surface area contributed by atoms with Crippen molar-refractivity contribution in [2.45, 2.75) is 19.8 Å². The van der Waals surface area contributed by atoms with Crippen LogP contribution in [0, 0.1) is 5.82 Å². The molecule has 1 aromatic carbocycles. The minimum absolute atomic E-state index is 0.00840. The van der Waals surface area contributed by atoms with Crippen LogP contribution in [-0.2, 0) is 6.42 Å². The van der Waals surface area contributed by atoms with Crippen LogP contribution in [0.25, 0.3) is 10.9 Å². The zero-order chi connectivity index (χ0) is 13.3. The van der Waals surface area contributed by atoms with Gasteiger partial charge in [0, 0.05) is 5.39 Å². The summed E-state index contributed by atoms with van der Waals surface area (Å²) in [7, 11) is 0. The van der Waals surface area contributed by atoms with Crippen molar-refractivity contribution < 1.29 is 4.39 Å². The number of nitrogens with zero attached hydrogens (tertiary/aromatic N) is 1. The number of aromatic nitrogens is 1. The van der Waals surface area contributed by atoms with Crippen molar-refractivity contribution in [2.24, 2.45) is 5.84 Å². The number of hydrogen-bond donors (Lipinski definition) is 2. The smallest absolute Gasteiger partial charge is 0.161 e. The number of rotatable bonds is 3. The Kier molecular flexibility index (Phi) is 3.90. The number of hydrogen-bond acceptors (Lipinski definition) is 3. The molecule has 0 amide bonds. The lowest BCUT2D eigenvalue weighted by molar-refractivity contribution is 0.630. The number of pyridine rings is 1. The summed E-state index contributed by atoms with van der Waals surface area (Å²) >= 11 is 11.7. The van der Waals surface area contributed by atoms with E-state index in [1.807, 2.05) is 6.92 Å². The first-order valence-electron chi connectivity index (χ1n) is 5.52. The van der Waals surface area contributed by atoms with E-state index in [2.05, 4.69) is 10.4 Å². The van der Waals surface area contributed by atoms with Crippen molar-refractivity contribution in [1.29, 1.82) is 0 Å². The standard InChI is InChI=1S/C12H12Cl2FN3/c1-2-3-6-4-7-9(17-12(6)18-16)5-8(13)11(15)10(7)14/h4-5H,2-3,16H2,1H3,(H,17,18). The summed E-state index contributed by atoms with van der Waals surface area (Å²) in [5.41, 5.74) is 3.95. The van der Waals surface area contributed by atoms with Gasteiger partial charge in [-0.1, -0.05) is 36.5 Å². The van der Waals surface area contributed by atoms with Crippen LogP contribution < -0.4 is 11.3 Å². The largest absolute Gasteiger partial charge is 0.308 e. The Morgan fingerprint density at radius 3 is 2.72 bits per heavy atom. The molecule has 0 aliphatic heterocycles. The predicted molar refractivity (Wildman–Crippen MR) is 73.5 cm³/mol. The fourth-order valence-electron chi connectivity index (χ4n) is 1.85. The minimum atomic E-state index is -0.622. The van der Waals surface area contributed by atoms with Gasteiger partial charge in [-0.2, -0.15) is 0 Å². The quantitative estimate of drug-likeness (QED) is 0.511. The van der Waals surface area contributed by atoms with Crippen LogP contribution in [0.3, 0.4) is 0 Å². The Labute approximate surface area is 114 Å². The summed E-state index contributed by atoms with van der Waals surface area (Å²) in [5, 5.41) is 0.484. The lowest BCUT2D eigenvalue weighted by Gasteiger charge is -2.11. The molecule has 0 radical (unpaired) electrons. The third-order valence-electron chi connectivity index (χ3n) is 2.69. The topological polar surface area (TPSA) is 50.9 Å². The van der Waals surface area contributed by atoms with Crippen LogP contribution in [0.2, 0.25) is 10.0 Å². The number of nitrogens with two attached hydrogens (primary N) is 1. The molecule has 2 rings (SSSR count). The van der Waals surface area contributed by atoms with Gasteiger partial charge in [-0.05, 0) is 24.1 Å². The normalized spacial score (nSPS) is 10.9. The third kappa shape index (κ3) is 2.23. The number of anilines is 1. The Bertz CT molecular complexity index is 602. The molecule has 96 valence electrons. The molecule has 0 spiro atoms. The molecule has 0 fully saturated rings. The van der Waals surface area contributed by atoms with E-state index < -0.39 is 5.82 Å². The van der Waals surface area contributed by atoms with Gasteiger partial charge in [0.25, 0.3) is 0 Å². The highest BCUT2D eigenvalue weighted by atomic mass is 35.5. The van der Waals surface area contributed by atoms with Crippen molar-refractivity contribution in [2.75, 3.05) is 5.43 Å². The van der Waals surface area contributed by atoms with Gasteiger partial charge in [0.1, 0.15) is 5.82 Å². The Morgan fingerprint density at radius 1 is 1.39 bits per heavy atom. The molecule has 0 bridgehead atoms.